The molecule has 0 aliphatic heterocycles. The zero-order valence-corrected chi connectivity index (χ0v) is 14.5. The van der Waals surface area contributed by atoms with Gasteiger partial charge in [0.1, 0.15) is 0 Å². The zero-order valence-electron chi connectivity index (χ0n) is 13.7. The van der Waals surface area contributed by atoms with E-state index in [0.29, 0.717) is 11.1 Å². The fourth-order valence-corrected chi connectivity index (χ4v) is 4.36. The van der Waals surface area contributed by atoms with E-state index in [-0.39, 0.29) is 11.4 Å². The van der Waals surface area contributed by atoms with Crippen molar-refractivity contribution in [3.8, 4) is 0 Å². The predicted molar refractivity (Wildman–Crippen MR) is 90.7 cm³/mol. The summed E-state index contributed by atoms with van der Waals surface area (Å²) in [6.07, 6.45) is 4.15. The number of hydrogen-bond acceptors (Lipinski definition) is 5. The summed E-state index contributed by atoms with van der Waals surface area (Å²) in [5, 5.41) is 4.47. The van der Waals surface area contributed by atoms with E-state index in [1.807, 2.05) is 11.7 Å². The number of oxazole rings is 1. The van der Waals surface area contributed by atoms with E-state index in [1.54, 1.807) is 0 Å². The van der Waals surface area contributed by atoms with Crippen molar-refractivity contribution < 1.29 is 12.8 Å². The molecule has 0 saturated heterocycles. The van der Waals surface area contributed by atoms with Crippen LogP contribution in [0.25, 0.3) is 11.1 Å². The molecular weight excluding hydrogens is 344 g/mol. The molecule has 25 heavy (non-hydrogen) atoms. The number of sulfonamides is 1. The minimum absolute atomic E-state index is 0.0712. The maximum absolute atomic E-state index is 12.6. The molecule has 0 fully saturated rings. The number of aryl methyl sites for hydroxylation is 1. The second-order valence-electron chi connectivity index (χ2n) is 6.20. The number of aromatic amines is 1. The number of aromatic nitrogens is 3. The second-order valence-corrected chi connectivity index (χ2v) is 7.97. The van der Waals surface area contributed by atoms with Gasteiger partial charge >= 0.3 is 5.76 Å². The molecule has 0 atom stereocenters. The Morgan fingerprint density at radius 3 is 2.96 bits per heavy atom. The minimum Gasteiger partial charge on any atom is -0.408 e. The molecule has 2 aromatic heterocycles. The van der Waals surface area contributed by atoms with Gasteiger partial charge in [0, 0.05) is 12.7 Å². The van der Waals surface area contributed by atoms with Crippen molar-refractivity contribution in [1.82, 2.24) is 19.5 Å². The Morgan fingerprint density at radius 1 is 1.32 bits per heavy atom. The number of benzene rings is 1. The van der Waals surface area contributed by atoms with Gasteiger partial charge in [-0.15, -0.1) is 0 Å². The van der Waals surface area contributed by atoms with Crippen molar-refractivity contribution in [2.75, 3.05) is 0 Å². The van der Waals surface area contributed by atoms with E-state index in [9.17, 15) is 13.2 Å². The van der Waals surface area contributed by atoms with E-state index in [1.165, 1.54) is 23.9 Å². The molecule has 3 aromatic rings. The highest BCUT2D eigenvalue weighted by atomic mass is 32.2. The van der Waals surface area contributed by atoms with Gasteiger partial charge in [-0.3, -0.25) is 9.67 Å². The van der Waals surface area contributed by atoms with Crippen LogP contribution in [-0.2, 0) is 36.5 Å². The Morgan fingerprint density at radius 2 is 2.12 bits per heavy atom. The molecule has 0 unspecified atom stereocenters. The van der Waals surface area contributed by atoms with Gasteiger partial charge in [0.2, 0.25) is 10.0 Å². The number of nitrogens with zero attached hydrogens (tertiary/aromatic N) is 2. The van der Waals surface area contributed by atoms with Crippen LogP contribution in [-0.4, -0.2) is 23.2 Å². The first kappa shape index (κ1) is 16.1. The lowest BCUT2D eigenvalue weighted by Crippen LogP contribution is -2.24. The first-order chi connectivity index (χ1) is 11.9. The molecule has 9 heteroatoms. The van der Waals surface area contributed by atoms with Crippen LogP contribution in [0, 0.1) is 0 Å². The molecule has 2 N–H and O–H groups in total. The molecule has 1 aromatic carbocycles. The van der Waals surface area contributed by atoms with Crippen molar-refractivity contribution in [2.45, 2.75) is 37.1 Å². The second kappa shape index (κ2) is 5.85. The summed E-state index contributed by atoms with van der Waals surface area (Å²) in [4.78, 5) is 13.7. The molecule has 0 saturated carbocycles. The number of hydrogen-bond donors (Lipinski definition) is 2. The zero-order chi connectivity index (χ0) is 17.6. The number of nitrogens with one attached hydrogen (secondary N) is 2. The van der Waals surface area contributed by atoms with Crippen molar-refractivity contribution in [2.24, 2.45) is 7.05 Å². The number of rotatable bonds is 4. The smallest absolute Gasteiger partial charge is 0.408 e. The highest BCUT2D eigenvalue weighted by Crippen LogP contribution is 2.24. The van der Waals surface area contributed by atoms with Gasteiger partial charge in [0.15, 0.2) is 5.58 Å². The lowest BCUT2D eigenvalue weighted by molar-refractivity contribution is 0.555. The first-order valence-electron chi connectivity index (χ1n) is 8.10. The van der Waals surface area contributed by atoms with Crippen molar-refractivity contribution in [3.05, 3.63) is 45.7 Å². The van der Waals surface area contributed by atoms with Gasteiger partial charge in [0.05, 0.1) is 22.7 Å². The quantitative estimate of drug-likeness (QED) is 0.725. The Hall–Kier alpha value is -2.39. The highest BCUT2D eigenvalue weighted by molar-refractivity contribution is 7.89. The summed E-state index contributed by atoms with van der Waals surface area (Å²) in [5.74, 6) is -0.613. The van der Waals surface area contributed by atoms with Crippen LogP contribution in [0.2, 0.25) is 0 Å². The summed E-state index contributed by atoms with van der Waals surface area (Å²) >= 11 is 0. The Balaban J connectivity index is 1.60. The highest BCUT2D eigenvalue weighted by Gasteiger charge is 2.21. The maximum atomic E-state index is 12.6. The van der Waals surface area contributed by atoms with Crippen LogP contribution in [0.15, 0.2) is 32.3 Å². The topological polar surface area (TPSA) is 110 Å². The van der Waals surface area contributed by atoms with Gasteiger partial charge < -0.3 is 4.42 Å². The third-order valence-electron chi connectivity index (χ3n) is 4.58. The lowest BCUT2D eigenvalue weighted by atomic mass is 9.96. The van der Waals surface area contributed by atoms with Crippen LogP contribution in [0.3, 0.4) is 0 Å². The molecule has 4 rings (SSSR count). The van der Waals surface area contributed by atoms with Crippen molar-refractivity contribution in [1.29, 1.82) is 0 Å². The lowest BCUT2D eigenvalue weighted by Gasteiger charge is -2.12. The van der Waals surface area contributed by atoms with E-state index in [4.69, 9.17) is 4.42 Å². The molecule has 0 spiro atoms. The molecular formula is C16H18N4O4S. The van der Waals surface area contributed by atoms with Crippen molar-refractivity contribution in [3.63, 3.8) is 0 Å². The molecule has 8 nitrogen and oxygen atoms in total. The molecule has 1 aliphatic carbocycles. The SMILES string of the molecule is Cn1nc(CNS(=O)(=O)c2ccc3oc(=O)[nH]c3c2)c2c1CCCC2. The van der Waals surface area contributed by atoms with E-state index in [2.05, 4.69) is 14.8 Å². The molecule has 0 radical (unpaired) electrons. The monoisotopic (exact) mass is 362 g/mol. The van der Waals surface area contributed by atoms with Gasteiger partial charge in [-0.1, -0.05) is 0 Å². The molecule has 2 heterocycles. The largest absolute Gasteiger partial charge is 0.417 e. The van der Waals surface area contributed by atoms with Gasteiger partial charge in [0.25, 0.3) is 0 Å². The first-order valence-corrected chi connectivity index (χ1v) is 9.58. The third kappa shape index (κ3) is 2.89. The summed E-state index contributed by atoms with van der Waals surface area (Å²) in [6.45, 7) is 0.144. The van der Waals surface area contributed by atoms with Crippen molar-refractivity contribution >= 4 is 21.1 Å². The molecule has 1 aliphatic rings. The van der Waals surface area contributed by atoms with Crippen LogP contribution < -0.4 is 10.5 Å². The van der Waals surface area contributed by atoms with Gasteiger partial charge in [-0.2, -0.15) is 5.10 Å². The van der Waals surface area contributed by atoms with Crippen LogP contribution in [0.1, 0.15) is 29.8 Å². The standard InChI is InChI=1S/C16H18N4O4S/c1-20-14-5-3-2-4-11(14)13(19-20)9-17-25(22,23)10-6-7-15-12(8-10)18-16(21)24-15/h6-8,17H,2-5,9H2,1H3,(H,18,21). The fraction of sp³-hybridized carbons (Fsp3) is 0.375. The normalized spacial score (nSPS) is 14.8. The van der Waals surface area contributed by atoms with E-state index >= 15 is 0 Å². The predicted octanol–water partition coefficient (Wildman–Crippen LogP) is 1.21. The summed E-state index contributed by atoms with van der Waals surface area (Å²) in [5.41, 5.74) is 3.80. The van der Waals surface area contributed by atoms with E-state index < -0.39 is 15.8 Å². The van der Waals surface area contributed by atoms with Gasteiger partial charge in [-0.05, 0) is 49.4 Å². The average molecular weight is 362 g/mol. The van der Waals surface area contributed by atoms with Gasteiger partial charge in [-0.25, -0.2) is 17.9 Å². The molecule has 0 amide bonds. The van der Waals surface area contributed by atoms with E-state index in [0.717, 1.165) is 36.9 Å². The Bertz CT molecular complexity index is 1110. The molecule has 132 valence electrons. The summed E-state index contributed by atoms with van der Waals surface area (Å²) in [6, 6.07) is 4.26. The van der Waals surface area contributed by atoms with Crippen LogP contribution in [0.5, 0.6) is 0 Å². The fourth-order valence-electron chi connectivity index (χ4n) is 3.35. The maximum Gasteiger partial charge on any atom is 0.417 e. The third-order valence-corrected chi connectivity index (χ3v) is 5.98. The summed E-state index contributed by atoms with van der Waals surface area (Å²) < 4.78 is 34.5. The number of H-pyrrole nitrogens is 1. The average Bonchev–Trinajstić information content (AvgIpc) is 3.12. The Labute approximate surface area is 143 Å². The van der Waals surface area contributed by atoms with Crippen LogP contribution >= 0.6 is 0 Å². The Kier molecular flexibility index (Phi) is 3.77. The van der Waals surface area contributed by atoms with Crippen LogP contribution in [0.4, 0.5) is 0 Å². The summed E-state index contributed by atoms with van der Waals surface area (Å²) in [7, 11) is -1.83. The number of fused-ring (bicyclic) bond motifs is 2. The minimum atomic E-state index is -3.72. The molecule has 0 bridgehead atoms.